The van der Waals surface area contributed by atoms with Crippen molar-refractivity contribution in [2.24, 2.45) is 0 Å². The molecular weight excluding hydrogens is 443 g/mol. The molecule has 0 spiro atoms. The van der Waals surface area contributed by atoms with Crippen molar-refractivity contribution < 1.29 is 13.2 Å². The molecule has 2 aromatic heterocycles. The summed E-state index contributed by atoms with van der Waals surface area (Å²) in [6.45, 7) is 1.74. The highest BCUT2D eigenvalue weighted by molar-refractivity contribution is 6.35. The molecule has 0 bridgehead atoms. The smallest absolute Gasteiger partial charge is 0.383 e. The van der Waals surface area contributed by atoms with Crippen molar-refractivity contribution in [3.63, 3.8) is 0 Å². The SMILES string of the molecule is C[C@@H](Nc1ncc(C(F)(F)F)c(N)n1)c1cc2cccc(Cl)c2c(=O)n1-c1ccccc1. The summed E-state index contributed by atoms with van der Waals surface area (Å²) in [6.07, 6.45) is -4.03. The first-order valence-corrected chi connectivity index (χ1v) is 9.90. The fourth-order valence-corrected chi connectivity index (χ4v) is 3.71. The number of alkyl halides is 3. The molecular formula is C22H17ClF3N5O. The summed E-state index contributed by atoms with van der Waals surface area (Å²) in [4.78, 5) is 20.9. The molecule has 6 nitrogen and oxygen atoms in total. The fourth-order valence-electron chi connectivity index (χ4n) is 3.45. The number of hydrogen-bond donors (Lipinski definition) is 2. The molecule has 3 N–H and O–H groups in total. The Balaban J connectivity index is 1.83. The van der Waals surface area contributed by atoms with E-state index >= 15 is 0 Å². The lowest BCUT2D eigenvalue weighted by Gasteiger charge is -2.21. The van der Waals surface area contributed by atoms with Gasteiger partial charge in [0.05, 0.1) is 16.5 Å². The van der Waals surface area contributed by atoms with Crippen molar-refractivity contribution in [3.8, 4) is 5.69 Å². The largest absolute Gasteiger partial charge is 0.421 e. The molecule has 0 aliphatic heterocycles. The highest BCUT2D eigenvalue weighted by Crippen LogP contribution is 2.33. The van der Waals surface area contributed by atoms with E-state index in [0.717, 1.165) is 0 Å². The van der Waals surface area contributed by atoms with Gasteiger partial charge < -0.3 is 11.1 Å². The summed E-state index contributed by atoms with van der Waals surface area (Å²) in [5.41, 5.74) is 5.19. The number of nitrogens with one attached hydrogen (secondary N) is 1. The maximum absolute atomic E-state index is 13.4. The number of rotatable bonds is 4. The lowest BCUT2D eigenvalue weighted by atomic mass is 10.1. The summed E-state index contributed by atoms with van der Waals surface area (Å²) in [6, 6.07) is 15.3. The van der Waals surface area contributed by atoms with Crippen LogP contribution in [0.5, 0.6) is 0 Å². The Hall–Kier alpha value is -3.59. The average molecular weight is 460 g/mol. The van der Waals surface area contributed by atoms with Crippen LogP contribution in [0.25, 0.3) is 16.5 Å². The predicted molar refractivity (Wildman–Crippen MR) is 118 cm³/mol. The standard InChI is InChI=1S/C22H17ClF3N5O/c1-12(29-21-28-11-15(19(27)30-21)22(24,25)26)17-10-13-6-5-9-16(23)18(13)20(32)31(17)14-7-3-2-4-8-14/h2-12H,1H3,(H3,27,28,29,30)/t12-/m1/s1. The van der Waals surface area contributed by atoms with Gasteiger partial charge in [0.15, 0.2) is 0 Å². The number of benzene rings is 2. The van der Waals surface area contributed by atoms with E-state index in [2.05, 4.69) is 15.3 Å². The Bertz CT molecular complexity index is 1360. The molecule has 0 saturated heterocycles. The zero-order valence-corrected chi connectivity index (χ0v) is 17.4. The van der Waals surface area contributed by atoms with Crippen molar-refractivity contribution >= 4 is 34.1 Å². The van der Waals surface area contributed by atoms with Gasteiger partial charge in [0.1, 0.15) is 11.4 Å². The number of nitrogen functional groups attached to an aromatic ring is 1. The van der Waals surface area contributed by atoms with Crippen LogP contribution in [0.2, 0.25) is 5.02 Å². The minimum Gasteiger partial charge on any atom is -0.383 e. The molecule has 2 heterocycles. The third-order valence-corrected chi connectivity index (χ3v) is 5.27. The predicted octanol–water partition coefficient (Wildman–Crippen LogP) is 5.21. The first-order valence-electron chi connectivity index (χ1n) is 9.52. The third-order valence-electron chi connectivity index (χ3n) is 4.95. The number of fused-ring (bicyclic) bond motifs is 1. The number of aromatic nitrogens is 3. The molecule has 0 amide bonds. The van der Waals surface area contributed by atoms with Gasteiger partial charge in [-0.05, 0) is 36.6 Å². The van der Waals surface area contributed by atoms with E-state index in [4.69, 9.17) is 17.3 Å². The van der Waals surface area contributed by atoms with Crippen LogP contribution >= 0.6 is 11.6 Å². The maximum atomic E-state index is 13.4. The van der Waals surface area contributed by atoms with Crippen LogP contribution in [0.15, 0.2) is 65.6 Å². The Morgan fingerprint density at radius 3 is 2.50 bits per heavy atom. The summed E-state index contributed by atoms with van der Waals surface area (Å²) < 4.78 is 40.3. The summed E-state index contributed by atoms with van der Waals surface area (Å²) in [7, 11) is 0. The summed E-state index contributed by atoms with van der Waals surface area (Å²) >= 11 is 6.30. The molecule has 0 aliphatic carbocycles. The molecule has 0 radical (unpaired) electrons. The Morgan fingerprint density at radius 2 is 1.84 bits per heavy atom. The van der Waals surface area contributed by atoms with Crippen molar-refractivity contribution in [2.45, 2.75) is 19.1 Å². The van der Waals surface area contributed by atoms with Crippen molar-refractivity contribution in [1.29, 1.82) is 0 Å². The third kappa shape index (κ3) is 3.99. The highest BCUT2D eigenvalue weighted by Gasteiger charge is 2.34. The first kappa shape index (κ1) is 21.6. The fraction of sp³-hybridized carbons (Fsp3) is 0.136. The van der Waals surface area contributed by atoms with E-state index in [9.17, 15) is 18.0 Å². The monoisotopic (exact) mass is 459 g/mol. The number of pyridine rings is 1. The highest BCUT2D eigenvalue weighted by atomic mass is 35.5. The lowest BCUT2D eigenvalue weighted by molar-refractivity contribution is -0.137. The quantitative estimate of drug-likeness (QED) is 0.437. The van der Waals surface area contributed by atoms with Crippen LogP contribution < -0.4 is 16.6 Å². The molecule has 2 aromatic carbocycles. The summed E-state index contributed by atoms with van der Waals surface area (Å²) in [5.74, 6) is -0.783. The molecule has 4 rings (SSSR count). The van der Waals surface area contributed by atoms with Gasteiger partial charge in [-0.1, -0.05) is 41.9 Å². The first-order chi connectivity index (χ1) is 15.2. The molecule has 32 heavy (non-hydrogen) atoms. The van der Waals surface area contributed by atoms with Crippen LogP contribution in [-0.4, -0.2) is 14.5 Å². The Kier molecular flexibility index (Phi) is 5.52. The number of halogens is 4. The van der Waals surface area contributed by atoms with Crippen molar-refractivity contribution in [1.82, 2.24) is 14.5 Å². The molecule has 0 aliphatic rings. The van der Waals surface area contributed by atoms with E-state index in [0.29, 0.717) is 33.4 Å². The number of hydrogen-bond acceptors (Lipinski definition) is 5. The Morgan fingerprint density at radius 1 is 1.12 bits per heavy atom. The van der Waals surface area contributed by atoms with Gasteiger partial charge in [0, 0.05) is 17.6 Å². The number of para-hydroxylation sites is 1. The van der Waals surface area contributed by atoms with Crippen LogP contribution in [0.1, 0.15) is 24.2 Å². The number of nitrogens with two attached hydrogens (primary N) is 1. The average Bonchev–Trinajstić information content (AvgIpc) is 2.73. The van der Waals surface area contributed by atoms with Crippen LogP contribution in [0.3, 0.4) is 0 Å². The summed E-state index contributed by atoms with van der Waals surface area (Å²) in [5, 5.41) is 4.25. The minimum absolute atomic E-state index is 0.0961. The Labute approximate surface area is 185 Å². The van der Waals surface area contributed by atoms with Crippen LogP contribution in [0, 0.1) is 0 Å². The molecule has 0 unspecified atom stereocenters. The second-order valence-electron chi connectivity index (χ2n) is 7.11. The van der Waals surface area contributed by atoms with Crippen molar-refractivity contribution in [3.05, 3.63) is 87.4 Å². The van der Waals surface area contributed by atoms with Gasteiger partial charge in [0.25, 0.3) is 5.56 Å². The molecule has 1 atom stereocenters. The molecule has 0 fully saturated rings. The van der Waals surface area contributed by atoms with Gasteiger partial charge in [0.2, 0.25) is 5.95 Å². The van der Waals surface area contributed by atoms with E-state index < -0.39 is 23.6 Å². The number of nitrogens with zero attached hydrogens (tertiary/aromatic N) is 3. The number of anilines is 2. The molecule has 10 heteroatoms. The van der Waals surface area contributed by atoms with Gasteiger partial charge in [-0.15, -0.1) is 0 Å². The zero-order valence-electron chi connectivity index (χ0n) is 16.7. The van der Waals surface area contributed by atoms with E-state index in [1.807, 2.05) is 6.07 Å². The normalized spacial score (nSPS) is 12.7. The minimum atomic E-state index is -4.65. The van der Waals surface area contributed by atoms with Gasteiger partial charge in [-0.25, -0.2) is 4.98 Å². The van der Waals surface area contributed by atoms with Crippen molar-refractivity contribution in [2.75, 3.05) is 11.1 Å². The van der Waals surface area contributed by atoms with E-state index in [1.165, 1.54) is 4.57 Å². The molecule has 4 aromatic rings. The van der Waals surface area contributed by atoms with Crippen LogP contribution in [-0.2, 0) is 6.18 Å². The topological polar surface area (TPSA) is 85.8 Å². The van der Waals surface area contributed by atoms with Gasteiger partial charge >= 0.3 is 6.18 Å². The zero-order chi connectivity index (χ0) is 23.0. The molecule has 164 valence electrons. The second-order valence-corrected chi connectivity index (χ2v) is 7.51. The molecule has 0 saturated carbocycles. The lowest BCUT2D eigenvalue weighted by Crippen LogP contribution is -2.26. The van der Waals surface area contributed by atoms with Crippen LogP contribution in [0.4, 0.5) is 24.9 Å². The van der Waals surface area contributed by atoms with Gasteiger partial charge in [-0.3, -0.25) is 9.36 Å². The van der Waals surface area contributed by atoms with E-state index in [-0.39, 0.29) is 11.5 Å². The van der Waals surface area contributed by atoms with E-state index in [1.54, 1.807) is 55.5 Å². The van der Waals surface area contributed by atoms with Gasteiger partial charge in [-0.2, -0.15) is 18.2 Å². The maximum Gasteiger partial charge on any atom is 0.421 e. The second kappa shape index (κ2) is 8.16.